The summed E-state index contributed by atoms with van der Waals surface area (Å²) in [5.74, 6) is -0.751. The maximum atomic E-state index is 15.2. The van der Waals surface area contributed by atoms with Crippen LogP contribution in [0.3, 0.4) is 0 Å². The van der Waals surface area contributed by atoms with Crippen LogP contribution in [0.4, 0.5) is 4.39 Å². The molecule has 0 spiro atoms. The molecule has 2 aliphatic rings. The number of nitriles is 1. The van der Waals surface area contributed by atoms with Gasteiger partial charge in [-0.1, -0.05) is 0 Å². The number of halogens is 1. The van der Waals surface area contributed by atoms with Gasteiger partial charge in [0.1, 0.15) is 39.4 Å². The third kappa shape index (κ3) is 3.59. The van der Waals surface area contributed by atoms with Gasteiger partial charge in [-0.05, 0) is 64.3 Å². The van der Waals surface area contributed by atoms with E-state index in [0.29, 0.717) is 36.2 Å². The quantitative estimate of drug-likeness (QED) is 0.665. The lowest BCUT2D eigenvalue weighted by atomic mass is 9.88. The van der Waals surface area contributed by atoms with E-state index in [4.69, 9.17) is 11.0 Å². The van der Waals surface area contributed by atoms with Crippen molar-refractivity contribution in [2.24, 2.45) is 15.1 Å². The third-order valence-electron chi connectivity index (χ3n) is 6.82. The number of nitrogens with two attached hydrogens (primary N) is 1. The van der Waals surface area contributed by atoms with Crippen LogP contribution < -0.4 is 5.73 Å². The highest BCUT2D eigenvalue weighted by molar-refractivity contribution is 7.96. The van der Waals surface area contributed by atoms with Gasteiger partial charge in [0, 0.05) is 18.4 Å². The normalized spacial score (nSPS) is 27.6. The molecule has 0 unspecified atom stereocenters. The minimum atomic E-state index is -2.86. The zero-order valence-electron chi connectivity index (χ0n) is 19.6. The summed E-state index contributed by atoms with van der Waals surface area (Å²) in [7, 11) is -2.86. The summed E-state index contributed by atoms with van der Waals surface area (Å²) in [4.78, 5) is 26.2. The van der Waals surface area contributed by atoms with Crippen molar-refractivity contribution in [1.29, 1.82) is 5.26 Å². The molecule has 34 heavy (non-hydrogen) atoms. The highest BCUT2D eigenvalue weighted by Crippen LogP contribution is 2.46. The van der Waals surface area contributed by atoms with Crippen molar-refractivity contribution in [2.75, 3.05) is 6.54 Å². The first-order valence-corrected chi connectivity index (χ1v) is 12.6. The summed E-state index contributed by atoms with van der Waals surface area (Å²) >= 11 is 0. The molecule has 0 aromatic carbocycles. The molecule has 2 aromatic heterocycles. The van der Waals surface area contributed by atoms with Crippen LogP contribution in [0, 0.1) is 24.1 Å². The fraction of sp³-hybridized carbons (Fsp3) is 0.458. The molecule has 0 saturated heterocycles. The summed E-state index contributed by atoms with van der Waals surface area (Å²) in [6.45, 7) is 7.39. The van der Waals surface area contributed by atoms with E-state index in [2.05, 4.69) is 19.3 Å². The zero-order valence-corrected chi connectivity index (χ0v) is 20.4. The minimum absolute atomic E-state index is 0.00980. The Morgan fingerprint density at radius 1 is 1.35 bits per heavy atom. The predicted octanol–water partition coefficient (Wildman–Crippen LogP) is 3.22. The molecule has 3 atom stereocenters. The molecule has 2 aliphatic heterocycles. The van der Waals surface area contributed by atoms with Gasteiger partial charge in [-0.3, -0.25) is 19.8 Å². The Labute approximate surface area is 198 Å². The number of carbonyl (C=O) groups excluding carboxylic acids is 1. The maximum absolute atomic E-state index is 15.2. The summed E-state index contributed by atoms with van der Waals surface area (Å²) in [6, 6.07) is 6.28. The number of fused-ring (bicyclic) bond motifs is 1. The van der Waals surface area contributed by atoms with E-state index in [1.54, 1.807) is 33.8 Å². The van der Waals surface area contributed by atoms with E-state index in [0.717, 1.165) is 0 Å². The molecule has 0 aliphatic carbocycles. The van der Waals surface area contributed by atoms with Crippen LogP contribution in [0.5, 0.6) is 0 Å². The lowest BCUT2D eigenvalue weighted by molar-refractivity contribution is 0.0986. The Morgan fingerprint density at radius 3 is 2.76 bits per heavy atom. The number of aromatic nitrogens is 2. The van der Waals surface area contributed by atoms with Crippen LogP contribution in [-0.4, -0.2) is 42.3 Å². The number of aliphatic imine (C=N–C) groups is 1. The Morgan fingerprint density at radius 2 is 2.09 bits per heavy atom. The smallest absolute Gasteiger partial charge is 0.187 e. The lowest BCUT2D eigenvalue weighted by Gasteiger charge is -2.47. The van der Waals surface area contributed by atoms with Crippen molar-refractivity contribution in [2.45, 2.75) is 62.5 Å². The van der Waals surface area contributed by atoms with E-state index in [1.165, 1.54) is 18.3 Å². The SMILES string of the molecule is Cc1cc(C#N)cnc1C(=O)Cc1ccc(F)c([C@@]2(C)N=C(N)C(C)(C)[S@@]3(=O)=NCCC[C@@H]23)n1. The van der Waals surface area contributed by atoms with Crippen molar-refractivity contribution in [3.8, 4) is 6.07 Å². The van der Waals surface area contributed by atoms with Gasteiger partial charge in [-0.2, -0.15) is 5.26 Å². The van der Waals surface area contributed by atoms with Crippen LogP contribution in [0.2, 0.25) is 0 Å². The first kappa shape index (κ1) is 24.0. The number of pyridine rings is 2. The van der Waals surface area contributed by atoms with Gasteiger partial charge in [-0.15, -0.1) is 0 Å². The van der Waals surface area contributed by atoms with Crippen molar-refractivity contribution in [3.05, 3.63) is 58.4 Å². The number of hydrogen-bond donors (Lipinski definition) is 1. The van der Waals surface area contributed by atoms with Crippen LogP contribution in [0.15, 0.2) is 33.8 Å². The number of rotatable bonds is 4. The molecule has 2 aromatic rings. The highest BCUT2D eigenvalue weighted by atomic mass is 32.2. The minimum Gasteiger partial charge on any atom is -0.386 e. The molecule has 178 valence electrons. The molecule has 8 nitrogen and oxygen atoms in total. The number of carbonyl (C=O) groups is 1. The van der Waals surface area contributed by atoms with Gasteiger partial charge in [0.15, 0.2) is 5.78 Å². The van der Waals surface area contributed by atoms with Crippen molar-refractivity contribution < 1.29 is 13.4 Å². The van der Waals surface area contributed by atoms with E-state index >= 15 is 4.39 Å². The van der Waals surface area contributed by atoms with Crippen LogP contribution in [-0.2, 0) is 21.7 Å². The summed E-state index contributed by atoms with van der Waals surface area (Å²) < 4.78 is 32.9. The topological polar surface area (TPSA) is 134 Å². The Bertz CT molecular complexity index is 1390. The summed E-state index contributed by atoms with van der Waals surface area (Å²) in [5.41, 5.74) is 6.51. The molecule has 0 bridgehead atoms. The first-order valence-electron chi connectivity index (χ1n) is 11.1. The molecule has 0 amide bonds. The Kier molecular flexibility index (Phi) is 5.80. The second-order valence-corrected chi connectivity index (χ2v) is 12.4. The Hall–Kier alpha value is -3.19. The number of ketones is 1. The fourth-order valence-electron chi connectivity index (χ4n) is 4.76. The number of amidine groups is 1. The predicted molar refractivity (Wildman–Crippen MR) is 127 cm³/mol. The number of aryl methyl sites for hydroxylation is 1. The van der Waals surface area contributed by atoms with E-state index in [-0.39, 0.29) is 29.4 Å². The number of nitrogens with zero attached hydrogens (tertiary/aromatic N) is 5. The van der Waals surface area contributed by atoms with Gasteiger partial charge >= 0.3 is 0 Å². The lowest BCUT2D eigenvalue weighted by Crippen LogP contribution is -2.60. The van der Waals surface area contributed by atoms with Crippen molar-refractivity contribution in [3.63, 3.8) is 0 Å². The van der Waals surface area contributed by atoms with Gasteiger partial charge in [-0.25, -0.2) is 13.0 Å². The average molecular weight is 483 g/mol. The molecule has 2 N–H and O–H groups in total. The average Bonchev–Trinajstić information content (AvgIpc) is 2.79. The molecule has 10 heteroatoms. The second-order valence-electron chi connectivity index (χ2n) is 9.44. The van der Waals surface area contributed by atoms with Crippen molar-refractivity contribution in [1.82, 2.24) is 9.97 Å². The van der Waals surface area contributed by atoms with Gasteiger partial charge < -0.3 is 5.73 Å². The molecule has 0 fully saturated rings. The van der Waals surface area contributed by atoms with Crippen LogP contribution >= 0.6 is 0 Å². The largest absolute Gasteiger partial charge is 0.386 e. The monoisotopic (exact) mass is 482 g/mol. The highest BCUT2D eigenvalue weighted by Gasteiger charge is 2.56. The molecular weight excluding hydrogens is 455 g/mol. The first-order chi connectivity index (χ1) is 15.9. The fourth-order valence-corrected chi connectivity index (χ4v) is 7.99. The van der Waals surface area contributed by atoms with Crippen LogP contribution in [0.1, 0.15) is 66.6 Å². The third-order valence-corrected chi connectivity index (χ3v) is 10.5. The molecule has 4 rings (SSSR count). The van der Waals surface area contributed by atoms with E-state index < -0.39 is 31.1 Å². The second kappa shape index (κ2) is 8.24. The van der Waals surface area contributed by atoms with Gasteiger partial charge in [0.2, 0.25) is 0 Å². The molecule has 4 heterocycles. The number of hydrogen-bond acceptors (Lipinski definition) is 8. The molecule has 0 radical (unpaired) electrons. The van der Waals surface area contributed by atoms with Crippen LogP contribution in [0.25, 0.3) is 0 Å². The summed E-state index contributed by atoms with van der Waals surface area (Å²) in [5, 5.41) is 8.45. The maximum Gasteiger partial charge on any atom is 0.187 e. The standard InChI is InChI=1S/C24H27FN6O2S/c1-14-10-15(12-26)13-28-20(14)18(32)11-16-7-8-17(25)21(30-16)24(4)19-6-5-9-29-34(19,33)23(2,3)22(27)31-24/h7-8,10,13,19H,5-6,9,11H2,1-4H3,(H2,27,31)/t19-,24-,34+/m0/s1. The van der Waals surface area contributed by atoms with Crippen molar-refractivity contribution >= 4 is 21.3 Å². The van der Waals surface area contributed by atoms with Gasteiger partial charge in [0.05, 0.1) is 27.0 Å². The Balaban J connectivity index is 1.77. The zero-order chi connectivity index (χ0) is 24.9. The molecular formula is C24H27FN6O2S. The molecule has 0 saturated carbocycles. The van der Waals surface area contributed by atoms with E-state index in [9.17, 15) is 9.00 Å². The van der Waals surface area contributed by atoms with Gasteiger partial charge in [0.25, 0.3) is 0 Å². The number of Topliss-reactive ketones (excluding diaryl/α,β-unsaturated/α-hetero) is 1. The summed E-state index contributed by atoms with van der Waals surface area (Å²) in [6.07, 6.45) is 2.50. The van der Waals surface area contributed by atoms with E-state index in [1.807, 2.05) is 6.07 Å².